The van der Waals surface area contributed by atoms with Gasteiger partial charge in [-0.1, -0.05) is 30.6 Å². The van der Waals surface area contributed by atoms with Crippen LogP contribution in [0.25, 0.3) is 11.2 Å². The topological polar surface area (TPSA) is 67.1 Å². The zero-order valence-corrected chi connectivity index (χ0v) is 17.1. The first-order valence-corrected chi connectivity index (χ1v) is 10.9. The van der Waals surface area contributed by atoms with Crippen molar-refractivity contribution in [3.8, 4) is 0 Å². The van der Waals surface area contributed by atoms with Crippen LogP contribution in [-0.2, 0) is 6.54 Å². The Morgan fingerprint density at radius 1 is 1.44 bits per heavy atom. The molecule has 2 N–H and O–H groups in total. The molecule has 0 spiro atoms. The Bertz CT molecular complexity index is 791. The molecule has 0 amide bonds. The molecule has 0 aliphatic heterocycles. The number of aryl methyl sites for hydroxylation is 1. The third kappa shape index (κ3) is 4.71. The normalized spacial score (nSPS) is 16.3. The molecule has 25 heavy (non-hydrogen) atoms. The van der Waals surface area contributed by atoms with Crippen molar-refractivity contribution in [3.05, 3.63) is 11.1 Å². The summed E-state index contributed by atoms with van der Waals surface area (Å²) in [5.41, 5.74) is 1.71. The SMILES string of the molecule is CN=c1nc2c(ncn2CCSC2CCCCC2)c(NC(=S)NC)s1. The van der Waals surface area contributed by atoms with Crippen LogP contribution in [0.3, 0.4) is 0 Å². The summed E-state index contributed by atoms with van der Waals surface area (Å²) in [6, 6.07) is 0. The molecule has 2 aromatic heterocycles. The van der Waals surface area contributed by atoms with Crippen LogP contribution < -0.4 is 15.4 Å². The van der Waals surface area contributed by atoms with Crippen LogP contribution >= 0.6 is 35.3 Å². The van der Waals surface area contributed by atoms with Crippen LogP contribution in [0.4, 0.5) is 5.00 Å². The Hall–Kier alpha value is -1.19. The highest BCUT2D eigenvalue weighted by molar-refractivity contribution is 7.99. The molecule has 0 atom stereocenters. The van der Waals surface area contributed by atoms with E-state index in [0.29, 0.717) is 5.11 Å². The highest BCUT2D eigenvalue weighted by Crippen LogP contribution is 2.28. The zero-order valence-electron chi connectivity index (χ0n) is 14.6. The summed E-state index contributed by atoms with van der Waals surface area (Å²) in [6.45, 7) is 0.915. The second-order valence-electron chi connectivity index (χ2n) is 5.99. The molecule has 0 bridgehead atoms. The Morgan fingerprint density at radius 3 is 2.96 bits per heavy atom. The first-order valence-electron chi connectivity index (χ1n) is 8.60. The highest BCUT2D eigenvalue weighted by Gasteiger charge is 2.15. The van der Waals surface area contributed by atoms with E-state index in [-0.39, 0.29) is 0 Å². The van der Waals surface area contributed by atoms with Crippen molar-refractivity contribution in [2.75, 3.05) is 25.2 Å². The number of thioether (sulfide) groups is 1. The third-order valence-electron chi connectivity index (χ3n) is 4.30. The maximum absolute atomic E-state index is 5.22. The van der Waals surface area contributed by atoms with Crippen LogP contribution in [0.5, 0.6) is 0 Å². The number of nitrogens with zero attached hydrogens (tertiary/aromatic N) is 4. The summed E-state index contributed by atoms with van der Waals surface area (Å²) in [6.07, 6.45) is 8.78. The molecule has 1 aliphatic carbocycles. The van der Waals surface area contributed by atoms with Gasteiger partial charge in [-0.3, -0.25) is 4.99 Å². The van der Waals surface area contributed by atoms with Crippen molar-refractivity contribution in [1.29, 1.82) is 0 Å². The van der Waals surface area contributed by atoms with Crippen molar-refractivity contribution >= 4 is 56.6 Å². The van der Waals surface area contributed by atoms with Gasteiger partial charge in [-0.05, 0) is 25.1 Å². The van der Waals surface area contributed by atoms with Crippen molar-refractivity contribution < 1.29 is 0 Å². The fourth-order valence-electron chi connectivity index (χ4n) is 2.97. The smallest absolute Gasteiger partial charge is 0.208 e. The molecule has 1 saturated carbocycles. The van der Waals surface area contributed by atoms with Gasteiger partial charge in [0.1, 0.15) is 10.5 Å². The predicted molar refractivity (Wildman–Crippen MR) is 112 cm³/mol. The number of anilines is 1. The number of hydrogen-bond acceptors (Lipinski definition) is 6. The maximum atomic E-state index is 5.22. The molecule has 6 nitrogen and oxygen atoms in total. The first-order chi connectivity index (χ1) is 12.2. The molecular weight excluding hydrogens is 372 g/mol. The van der Waals surface area contributed by atoms with Crippen LogP contribution in [0.15, 0.2) is 11.3 Å². The van der Waals surface area contributed by atoms with E-state index in [1.54, 1.807) is 14.1 Å². The highest BCUT2D eigenvalue weighted by atomic mass is 32.2. The van der Waals surface area contributed by atoms with Crippen molar-refractivity contribution in [3.63, 3.8) is 0 Å². The van der Waals surface area contributed by atoms with E-state index >= 15 is 0 Å². The van der Waals surface area contributed by atoms with Crippen LogP contribution in [0, 0.1) is 0 Å². The number of fused-ring (bicyclic) bond motifs is 1. The van der Waals surface area contributed by atoms with Gasteiger partial charge < -0.3 is 15.2 Å². The molecule has 9 heteroatoms. The molecule has 2 heterocycles. The van der Waals surface area contributed by atoms with Gasteiger partial charge >= 0.3 is 0 Å². The van der Waals surface area contributed by atoms with Gasteiger partial charge in [-0.15, -0.1) is 0 Å². The summed E-state index contributed by atoms with van der Waals surface area (Å²) in [7, 11) is 3.55. The number of nitrogens with one attached hydrogen (secondary N) is 2. The molecule has 0 aromatic carbocycles. The molecule has 2 aromatic rings. The van der Waals surface area contributed by atoms with Crippen molar-refractivity contribution in [1.82, 2.24) is 19.9 Å². The van der Waals surface area contributed by atoms with E-state index in [4.69, 9.17) is 12.2 Å². The van der Waals surface area contributed by atoms with Gasteiger partial charge in [-0.2, -0.15) is 16.7 Å². The lowest BCUT2D eigenvalue weighted by atomic mass is 10.0. The molecule has 0 radical (unpaired) electrons. The molecule has 0 unspecified atom stereocenters. The molecule has 136 valence electrons. The standard InChI is InChI=1S/C16H24N6S3/c1-17-15(23)21-14-12-13(20-16(18-2)25-14)22(10-19-12)8-9-24-11-6-4-3-5-7-11/h10-11H,3-9H2,1-2H3,(H2,17,21,23). The van der Waals surface area contributed by atoms with Crippen LogP contribution in [-0.4, -0.2) is 44.7 Å². The van der Waals surface area contributed by atoms with Crippen LogP contribution in [0.2, 0.25) is 0 Å². The maximum Gasteiger partial charge on any atom is 0.208 e. The lowest BCUT2D eigenvalue weighted by Gasteiger charge is -2.20. The summed E-state index contributed by atoms with van der Waals surface area (Å²) in [5.74, 6) is 1.09. The minimum atomic E-state index is 0.563. The average Bonchev–Trinajstić information content (AvgIpc) is 3.05. The van der Waals surface area contributed by atoms with E-state index in [0.717, 1.165) is 38.5 Å². The molecule has 3 rings (SSSR count). The minimum Gasteiger partial charge on any atom is -0.366 e. The van der Waals surface area contributed by atoms with Gasteiger partial charge in [-0.25, -0.2) is 4.98 Å². The Morgan fingerprint density at radius 2 is 2.24 bits per heavy atom. The van der Waals surface area contributed by atoms with E-state index in [1.165, 1.54) is 43.4 Å². The van der Waals surface area contributed by atoms with Gasteiger partial charge in [0.25, 0.3) is 0 Å². The Balaban J connectivity index is 1.77. The number of thiocarbonyl (C=S) groups is 1. The fraction of sp³-hybridized carbons (Fsp3) is 0.625. The fourth-order valence-corrected chi connectivity index (χ4v) is 5.23. The van der Waals surface area contributed by atoms with Crippen molar-refractivity contribution in [2.45, 2.75) is 43.9 Å². The molecule has 1 aliphatic rings. The summed E-state index contributed by atoms with van der Waals surface area (Å²) in [5, 5.41) is 8.39. The monoisotopic (exact) mass is 396 g/mol. The lowest BCUT2D eigenvalue weighted by Crippen LogP contribution is -2.24. The number of rotatable bonds is 5. The summed E-state index contributed by atoms with van der Waals surface area (Å²) >= 11 is 8.77. The molecular formula is C16H24N6S3. The Labute approximate surface area is 161 Å². The second-order valence-corrected chi connectivity index (χ2v) is 8.79. The van der Waals surface area contributed by atoms with Gasteiger partial charge in [0.2, 0.25) is 4.80 Å². The predicted octanol–water partition coefficient (Wildman–Crippen LogP) is 3.01. The summed E-state index contributed by atoms with van der Waals surface area (Å²) in [4.78, 5) is 14.2. The number of aromatic nitrogens is 3. The largest absolute Gasteiger partial charge is 0.366 e. The van der Waals surface area contributed by atoms with E-state index < -0.39 is 0 Å². The number of imidazole rings is 1. The first kappa shape index (κ1) is 18.6. The second kappa shape index (κ2) is 8.95. The third-order valence-corrected chi connectivity index (χ3v) is 6.93. The van der Waals surface area contributed by atoms with Crippen LogP contribution in [0.1, 0.15) is 32.1 Å². The van der Waals surface area contributed by atoms with Gasteiger partial charge in [0, 0.05) is 31.6 Å². The van der Waals surface area contributed by atoms with E-state index in [2.05, 4.69) is 41.9 Å². The minimum absolute atomic E-state index is 0.563. The van der Waals surface area contributed by atoms with Crippen molar-refractivity contribution in [2.24, 2.45) is 4.99 Å². The average molecular weight is 397 g/mol. The lowest BCUT2D eigenvalue weighted by molar-refractivity contribution is 0.515. The van der Waals surface area contributed by atoms with Gasteiger partial charge in [0.05, 0.1) is 6.33 Å². The van der Waals surface area contributed by atoms with E-state index in [9.17, 15) is 0 Å². The van der Waals surface area contributed by atoms with Gasteiger partial charge in [0.15, 0.2) is 10.8 Å². The van der Waals surface area contributed by atoms with E-state index in [1.807, 2.05) is 6.33 Å². The molecule has 1 fully saturated rings. The molecule has 0 saturated heterocycles. The zero-order chi connectivity index (χ0) is 17.6. The summed E-state index contributed by atoms with van der Waals surface area (Å²) < 4.78 is 2.13. The quantitative estimate of drug-likeness (QED) is 0.758. The number of hydrogen-bond donors (Lipinski definition) is 2. The Kier molecular flexibility index (Phi) is 6.66.